The lowest BCUT2D eigenvalue weighted by Gasteiger charge is -2.22. The number of likely N-dealkylation sites (N-methyl/N-ethyl adjacent to an activating group) is 1. The average Bonchev–Trinajstić information content (AvgIpc) is 2.94. The molecule has 2 unspecified atom stereocenters. The van der Waals surface area contributed by atoms with Crippen LogP contribution in [0, 0.1) is 0 Å². The van der Waals surface area contributed by atoms with E-state index in [1.807, 2.05) is 43.5 Å². The molecule has 1 aliphatic heterocycles. The Hall–Kier alpha value is -1.65. The second kappa shape index (κ2) is 7.96. The van der Waals surface area contributed by atoms with Gasteiger partial charge in [-0.25, -0.2) is 0 Å². The molecule has 1 heterocycles. The molecule has 0 aromatic heterocycles. The quantitative estimate of drug-likeness (QED) is 0.747. The molecular formula is C17H24N2O2. The summed E-state index contributed by atoms with van der Waals surface area (Å²) >= 11 is 0. The molecule has 1 aliphatic rings. The topological polar surface area (TPSA) is 45.1 Å². The van der Waals surface area contributed by atoms with Gasteiger partial charge in [-0.1, -0.05) is 41.6 Å². The van der Waals surface area contributed by atoms with Crippen LogP contribution in [0.15, 0.2) is 48.1 Å². The fourth-order valence-electron chi connectivity index (χ4n) is 2.51. The minimum Gasteiger partial charge on any atom is -0.392 e. The van der Waals surface area contributed by atoms with Crippen molar-refractivity contribution >= 4 is 5.71 Å². The standard InChI is InChI=1S/C17H24N2O2/c1-3-4-10-15(20)12-19(2)13-16-11-17(18-21-16)14-8-6-5-7-9-14/h3,5-9,15-16,20H,1,4,10-13H2,2H3. The third-order valence-electron chi connectivity index (χ3n) is 3.58. The largest absolute Gasteiger partial charge is 0.392 e. The summed E-state index contributed by atoms with van der Waals surface area (Å²) in [5.41, 5.74) is 2.12. The molecular weight excluding hydrogens is 264 g/mol. The minimum absolute atomic E-state index is 0.0665. The Balaban J connectivity index is 1.75. The first-order chi connectivity index (χ1) is 10.2. The number of allylic oxidation sites excluding steroid dienone is 1. The summed E-state index contributed by atoms with van der Waals surface area (Å²) in [6.45, 7) is 5.09. The van der Waals surface area contributed by atoms with E-state index in [2.05, 4.69) is 16.6 Å². The SMILES string of the molecule is C=CCCC(O)CN(C)CC1CC(c2ccccc2)=NO1. The van der Waals surface area contributed by atoms with Crippen molar-refractivity contribution in [2.75, 3.05) is 20.1 Å². The molecule has 21 heavy (non-hydrogen) atoms. The molecule has 0 amide bonds. The van der Waals surface area contributed by atoms with E-state index < -0.39 is 0 Å². The molecule has 4 nitrogen and oxygen atoms in total. The number of nitrogens with zero attached hydrogens (tertiary/aromatic N) is 2. The summed E-state index contributed by atoms with van der Waals surface area (Å²) in [6.07, 6.45) is 4.00. The summed E-state index contributed by atoms with van der Waals surface area (Å²) in [4.78, 5) is 7.60. The van der Waals surface area contributed by atoms with Gasteiger partial charge >= 0.3 is 0 Å². The maximum absolute atomic E-state index is 9.90. The summed E-state index contributed by atoms with van der Waals surface area (Å²) in [6, 6.07) is 10.1. The molecule has 0 spiro atoms. The third-order valence-corrected chi connectivity index (χ3v) is 3.58. The first kappa shape index (κ1) is 15.7. The van der Waals surface area contributed by atoms with Crippen LogP contribution >= 0.6 is 0 Å². The predicted octanol–water partition coefficient (Wildman–Crippen LogP) is 2.44. The lowest BCUT2D eigenvalue weighted by Crippen LogP contribution is -2.35. The van der Waals surface area contributed by atoms with Gasteiger partial charge in [0.25, 0.3) is 0 Å². The molecule has 1 aromatic rings. The van der Waals surface area contributed by atoms with Crippen LogP contribution in [0.5, 0.6) is 0 Å². The van der Waals surface area contributed by atoms with Gasteiger partial charge in [-0.05, 0) is 25.5 Å². The van der Waals surface area contributed by atoms with Gasteiger partial charge in [-0.15, -0.1) is 6.58 Å². The van der Waals surface area contributed by atoms with E-state index in [1.54, 1.807) is 0 Å². The average molecular weight is 288 g/mol. The number of rotatable bonds is 8. The summed E-state index contributed by atoms with van der Waals surface area (Å²) in [5.74, 6) is 0. The Morgan fingerprint density at radius 1 is 1.48 bits per heavy atom. The van der Waals surface area contributed by atoms with Crippen LogP contribution in [-0.4, -0.2) is 48.1 Å². The van der Waals surface area contributed by atoms with Gasteiger partial charge in [0.2, 0.25) is 0 Å². The van der Waals surface area contributed by atoms with Crippen molar-refractivity contribution in [2.45, 2.75) is 31.5 Å². The highest BCUT2D eigenvalue weighted by Gasteiger charge is 2.23. The number of benzene rings is 1. The van der Waals surface area contributed by atoms with Gasteiger partial charge in [-0.2, -0.15) is 0 Å². The summed E-state index contributed by atoms with van der Waals surface area (Å²) < 4.78 is 0. The molecule has 1 N–H and O–H groups in total. The van der Waals surface area contributed by atoms with E-state index in [0.717, 1.165) is 37.1 Å². The Morgan fingerprint density at radius 3 is 2.95 bits per heavy atom. The van der Waals surface area contributed by atoms with Gasteiger partial charge in [-0.3, -0.25) is 0 Å². The Kier molecular flexibility index (Phi) is 5.96. The minimum atomic E-state index is -0.316. The monoisotopic (exact) mass is 288 g/mol. The van der Waals surface area contributed by atoms with E-state index in [-0.39, 0.29) is 12.2 Å². The van der Waals surface area contributed by atoms with Crippen LogP contribution < -0.4 is 0 Å². The number of aliphatic hydroxyl groups is 1. The first-order valence-electron chi connectivity index (χ1n) is 7.44. The van der Waals surface area contributed by atoms with Crippen molar-refractivity contribution in [3.63, 3.8) is 0 Å². The van der Waals surface area contributed by atoms with Gasteiger partial charge < -0.3 is 14.8 Å². The van der Waals surface area contributed by atoms with Crippen LogP contribution in [0.3, 0.4) is 0 Å². The van der Waals surface area contributed by atoms with Crippen LogP contribution in [0.1, 0.15) is 24.8 Å². The number of aliphatic hydroxyl groups excluding tert-OH is 1. The number of hydrogen-bond acceptors (Lipinski definition) is 4. The van der Waals surface area contributed by atoms with E-state index in [4.69, 9.17) is 4.84 Å². The zero-order valence-electron chi connectivity index (χ0n) is 12.6. The van der Waals surface area contributed by atoms with Gasteiger partial charge in [0.1, 0.15) is 6.10 Å². The van der Waals surface area contributed by atoms with E-state index >= 15 is 0 Å². The molecule has 2 atom stereocenters. The molecule has 0 bridgehead atoms. The second-order valence-corrected chi connectivity index (χ2v) is 5.58. The Morgan fingerprint density at radius 2 is 2.24 bits per heavy atom. The highest BCUT2D eigenvalue weighted by molar-refractivity contribution is 6.01. The smallest absolute Gasteiger partial charge is 0.145 e. The number of hydrogen-bond donors (Lipinski definition) is 1. The fraction of sp³-hybridized carbons (Fsp3) is 0.471. The third kappa shape index (κ3) is 4.99. The lowest BCUT2D eigenvalue weighted by atomic mass is 10.0. The predicted molar refractivity (Wildman–Crippen MR) is 85.4 cm³/mol. The molecule has 0 radical (unpaired) electrons. The molecule has 0 fully saturated rings. The van der Waals surface area contributed by atoms with E-state index in [9.17, 15) is 5.11 Å². The van der Waals surface area contributed by atoms with Crippen LogP contribution in [0.4, 0.5) is 0 Å². The van der Waals surface area contributed by atoms with Crippen molar-refractivity contribution in [1.29, 1.82) is 0 Å². The van der Waals surface area contributed by atoms with Gasteiger partial charge in [0.05, 0.1) is 11.8 Å². The molecule has 0 saturated heterocycles. The first-order valence-corrected chi connectivity index (χ1v) is 7.44. The highest BCUT2D eigenvalue weighted by atomic mass is 16.6. The van der Waals surface area contributed by atoms with Crippen LogP contribution in [0.25, 0.3) is 0 Å². The second-order valence-electron chi connectivity index (χ2n) is 5.58. The highest BCUT2D eigenvalue weighted by Crippen LogP contribution is 2.17. The van der Waals surface area contributed by atoms with Crippen molar-refractivity contribution in [1.82, 2.24) is 4.90 Å². The molecule has 1 aromatic carbocycles. The Bertz CT molecular complexity index is 473. The van der Waals surface area contributed by atoms with E-state index in [0.29, 0.717) is 6.54 Å². The van der Waals surface area contributed by atoms with Crippen LogP contribution in [0.2, 0.25) is 0 Å². The number of oxime groups is 1. The Labute approximate surface area is 126 Å². The lowest BCUT2D eigenvalue weighted by molar-refractivity contribution is 0.0430. The summed E-state index contributed by atoms with van der Waals surface area (Å²) in [5, 5.41) is 14.1. The van der Waals surface area contributed by atoms with Crippen molar-refractivity contribution in [2.24, 2.45) is 5.16 Å². The molecule has 0 saturated carbocycles. The summed E-state index contributed by atoms with van der Waals surface area (Å²) in [7, 11) is 2.00. The van der Waals surface area contributed by atoms with Crippen LogP contribution in [-0.2, 0) is 4.84 Å². The van der Waals surface area contributed by atoms with Crippen molar-refractivity contribution in [3.05, 3.63) is 48.6 Å². The zero-order chi connectivity index (χ0) is 15.1. The van der Waals surface area contributed by atoms with Crippen molar-refractivity contribution < 1.29 is 9.94 Å². The zero-order valence-corrected chi connectivity index (χ0v) is 12.6. The molecule has 0 aliphatic carbocycles. The van der Waals surface area contributed by atoms with E-state index in [1.165, 1.54) is 0 Å². The van der Waals surface area contributed by atoms with Crippen molar-refractivity contribution in [3.8, 4) is 0 Å². The fourth-order valence-corrected chi connectivity index (χ4v) is 2.51. The normalized spacial score (nSPS) is 19.2. The molecule has 2 rings (SSSR count). The van der Waals surface area contributed by atoms with Gasteiger partial charge in [0.15, 0.2) is 0 Å². The van der Waals surface area contributed by atoms with Gasteiger partial charge in [0, 0.05) is 19.5 Å². The molecule has 4 heteroatoms. The maximum Gasteiger partial charge on any atom is 0.145 e. The maximum atomic E-state index is 9.90. The molecule has 114 valence electrons.